The molecule has 0 radical (unpaired) electrons. The normalized spacial score (nSPS) is 20.4. The fraction of sp³-hybridized carbons (Fsp3) is 0.231. The maximum Gasteiger partial charge on any atom is 0.254 e. The largest absolute Gasteiger partial charge is 0.380 e. The minimum Gasteiger partial charge on any atom is -0.380 e. The fourth-order valence-electron chi connectivity index (χ4n) is 5.47. The van der Waals surface area contributed by atoms with Gasteiger partial charge in [-0.3, -0.25) is 14.0 Å². The number of hydrogen-bond donors (Lipinski definition) is 3. The van der Waals surface area contributed by atoms with E-state index in [2.05, 4.69) is 20.9 Å². The number of carbonyl (C=O) groups is 2. The summed E-state index contributed by atoms with van der Waals surface area (Å²) >= 11 is 0. The average molecular weight is 484 g/mol. The van der Waals surface area contributed by atoms with Gasteiger partial charge in [0.05, 0.1) is 54.5 Å². The molecule has 1 fully saturated rings. The lowest BCUT2D eigenvalue weighted by Gasteiger charge is -2.16. The summed E-state index contributed by atoms with van der Waals surface area (Å²) in [5, 5.41) is 9.16. The molecule has 0 aliphatic carbocycles. The van der Waals surface area contributed by atoms with Crippen LogP contribution in [0.3, 0.4) is 0 Å². The average Bonchev–Trinajstić information content (AvgIpc) is 3.60. The summed E-state index contributed by atoms with van der Waals surface area (Å²) in [6.07, 6.45) is 3.32. The van der Waals surface area contributed by atoms with Gasteiger partial charge in [0, 0.05) is 30.3 Å². The Hall–Kier alpha value is -4.31. The molecule has 10 heteroatoms. The van der Waals surface area contributed by atoms with Crippen molar-refractivity contribution in [3.63, 3.8) is 0 Å². The number of fused-ring (bicyclic) bond motifs is 5. The number of carbonyl (C=O) groups excluding carboxylic acids is 2. The standard InChI is InChI=1S/C26H21FN6O3/c27-13-5-6-33-21(10-28-23(33)7-13)15-1-3-19(24-16(15)8-29-26(24)35)31-22-4-2-14-17-11-36-12-18(17)25(34)30-9-20(14)32-22/h1-7,10,17-18H,8-9,11-12H2,(H,29,35)(H,30,34)(H,31,32)/t17-,18+/m1/s1. The van der Waals surface area contributed by atoms with Crippen LogP contribution >= 0.6 is 0 Å². The number of ether oxygens (including phenoxy) is 1. The van der Waals surface area contributed by atoms with Crippen molar-refractivity contribution in [3.05, 3.63) is 77.0 Å². The first kappa shape index (κ1) is 21.0. The molecule has 1 aromatic carbocycles. The lowest BCUT2D eigenvalue weighted by Crippen LogP contribution is -2.30. The predicted octanol–water partition coefficient (Wildman–Crippen LogP) is 2.88. The van der Waals surface area contributed by atoms with Crippen molar-refractivity contribution in [2.45, 2.75) is 19.0 Å². The summed E-state index contributed by atoms with van der Waals surface area (Å²) in [6, 6.07) is 10.4. The number of halogens is 1. The summed E-state index contributed by atoms with van der Waals surface area (Å²) in [7, 11) is 0. The Kier molecular flexibility index (Phi) is 4.58. The molecular formula is C26H21FN6O3. The van der Waals surface area contributed by atoms with Crippen LogP contribution in [-0.4, -0.2) is 39.4 Å². The summed E-state index contributed by atoms with van der Waals surface area (Å²) in [5.74, 6) is -0.155. The van der Waals surface area contributed by atoms with E-state index in [-0.39, 0.29) is 29.5 Å². The molecule has 2 atom stereocenters. The van der Waals surface area contributed by atoms with Crippen molar-refractivity contribution in [3.8, 4) is 11.3 Å². The minimum atomic E-state index is -0.356. The van der Waals surface area contributed by atoms with Gasteiger partial charge in [-0.2, -0.15) is 0 Å². The zero-order chi connectivity index (χ0) is 24.4. The van der Waals surface area contributed by atoms with E-state index in [4.69, 9.17) is 9.72 Å². The van der Waals surface area contributed by atoms with E-state index in [0.29, 0.717) is 49.0 Å². The Morgan fingerprint density at radius 3 is 2.86 bits per heavy atom. The van der Waals surface area contributed by atoms with E-state index < -0.39 is 0 Å². The molecule has 36 heavy (non-hydrogen) atoms. The molecule has 180 valence electrons. The van der Waals surface area contributed by atoms with Gasteiger partial charge in [0.15, 0.2) is 0 Å². The van der Waals surface area contributed by atoms with Gasteiger partial charge in [0.1, 0.15) is 17.3 Å². The van der Waals surface area contributed by atoms with E-state index in [1.165, 1.54) is 12.1 Å². The van der Waals surface area contributed by atoms with Crippen LogP contribution in [-0.2, 0) is 22.6 Å². The van der Waals surface area contributed by atoms with Crippen molar-refractivity contribution >= 4 is 29.0 Å². The zero-order valence-electron chi connectivity index (χ0n) is 19.0. The number of rotatable bonds is 3. The third-order valence-corrected chi connectivity index (χ3v) is 7.24. The van der Waals surface area contributed by atoms with Crippen molar-refractivity contribution in [2.24, 2.45) is 5.92 Å². The summed E-state index contributed by atoms with van der Waals surface area (Å²) in [4.78, 5) is 34.4. The predicted molar refractivity (Wildman–Crippen MR) is 128 cm³/mol. The van der Waals surface area contributed by atoms with E-state index in [1.807, 2.05) is 24.3 Å². The first-order valence-corrected chi connectivity index (χ1v) is 11.8. The number of anilines is 2. The molecule has 3 aliphatic heterocycles. The topological polar surface area (TPSA) is 110 Å². The molecule has 6 heterocycles. The molecule has 3 N–H and O–H groups in total. The van der Waals surface area contributed by atoms with Crippen LogP contribution in [0.2, 0.25) is 0 Å². The van der Waals surface area contributed by atoms with Crippen LogP contribution in [0.4, 0.5) is 15.9 Å². The van der Waals surface area contributed by atoms with Gasteiger partial charge in [-0.1, -0.05) is 12.1 Å². The van der Waals surface area contributed by atoms with Crippen LogP contribution in [0.5, 0.6) is 0 Å². The van der Waals surface area contributed by atoms with Gasteiger partial charge < -0.3 is 20.7 Å². The molecular weight excluding hydrogens is 463 g/mol. The van der Waals surface area contributed by atoms with Gasteiger partial charge in [-0.15, -0.1) is 0 Å². The van der Waals surface area contributed by atoms with Crippen molar-refractivity contribution < 1.29 is 18.7 Å². The van der Waals surface area contributed by atoms with Gasteiger partial charge in [0.25, 0.3) is 5.91 Å². The third kappa shape index (κ3) is 3.18. The highest BCUT2D eigenvalue weighted by atomic mass is 19.1. The number of imidazole rings is 1. The highest BCUT2D eigenvalue weighted by molar-refractivity contribution is 6.06. The Morgan fingerprint density at radius 1 is 1.06 bits per heavy atom. The number of nitrogens with zero attached hydrogens (tertiary/aromatic N) is 3. The Labute approximate surface area is 204 Å². The van der Waals surface area contributed by atoms with Gasteiger partial charge in [0.2, 0.25) is 5.91 Å². The Bertz CT molecular complexity index is 1580. The lowest BCUT2D eigenvalue weighted by atomic mass is 9.88. The smallest absolute Gasteiger partial charge is 0.254 e. The number of aromatic nitrogens is 3. The quantitative estimate of drug-likeness (QED) is 0.413. The molecule has 9 nitrogen and oxygen atoms in total. The number of pyridine rings is 2. The third-order valence-electron chi connectivity index (χ3n) is 7.24. The molecule has 0 spiro atoms. The fourth-order valence-corrected chi connectivity index (χ4v) is 5.47. The summed E-state index contributed by atoms with van der Waals surface area (Å²) in [5.41, 5.74) is 5.94. The summed E-state index contributed by atoms with van der Waals surface area (Å²) in [6.45, 7) is 1.65. The second-order valence-corrected chi connectivity index (χ2v) is 9.24. The first-order chi connectivity index (χ1) is 17.6. The highest BCUT2D eigenvalue weighted by Gasteiger charge is 2.38. The number of amides is 2. The van der Waals surface area contributed by atoms with Gasteiger partial charge >= 0.3 is 0 Å². The molecule has 7 rings (SSSR count). The summed E-state index contributed by atoms with van der Waals surface area (Å²) < 4.78 is 21.0. The van der Waals surface area contributed by atoms with Crippen molar-refractivity contribution in [2.75, 3.05) is 18.5 Å². The second-order valence-electron chi connectivity index (χ2n) is 9.24. The zero-order valence-corrected chi connectivity index (χ0v) is 19.0. The number of nitrogens with one attached hydrogen (secondary N) is 3. The van der Waals surface area contributed by atoms with Gasteiger partial charge in [-0.25, -0.2) is 14.4 Å². The molecule has 3 aliphatic rings. The molecule has 4 aromatic rings. The molecule has 2 amide bonds. The van der Waals surface area contributed by atoms with Crippen LogP contribution in [0.1, 0.15) is 33.1 Å². The lowest BCUT2D eigenvalue weighted by molar-refractivity contribution is -0.125. The monoisotopic (exact) mass is 484 g/mol. The minimum absolute atomic E-state index is 0.00249. The molecule has 0 bridgehead atoms. The Morgan fingerprint density at radius 2 is 1.94 bits per heavy atom. The van der Waals surface area contributed by atoms with E-state index >= 15 is 0 Å². The molecule has 1 saturated heterocycles. The maximum atomic E-state index is 13.6. The van der Waals surface area contributed by atoms with E-state index in [1.54, 1.807) is 16.8 Å². The van der Waals surface area contributed by atoms with E-state index in [9.17, 15) is 14.0 Å². The molecule has 0 saturated carbocycles. The number of benzene rings is 1. The SMILES string of the molecule is O=C1NCc2c(-c3cnc4cc(F)ccn34)ccc(Nc3ccc4c(n3)CNC(=O)[C@H]3COC[C@H]43)c21. The Balaban J connectivity index is 1.26. The van der Waals surface area contributed by atoms with Crippen LogP contribution in [0, 0.1) is 11.7 Å². The number of hydrogen-bond acceptors (Lipinski definition) is 6. The van der Waals surface area contributed by atoms with Crippen LogP contribution in [0.25, 0.3) is 16.9 Å². The van der Waals surface area contributed by atoms with Crippen LogP contribution < -0.4 is 16.0 Å². The maximum absolute atomic E-state index is 13.6. The van der Waals surface area contributed by atoms with Crippen molar-refractivity contribution in [1.82, 2.24) is 25.0 Å². The van der Waals surface area contributed by atoms with Crippen LogP contribution in [0.15, 0.2) is 48.8 Å². The molecule has 0 unspecified atom stereocenters. The highest BCUT2D eigenvalue weighted by Crippen LogP contribution is 2.37. The molecule has 3 aromatic heterocycles. The van der Waals surface area contributed by atoms with Gasteiger partial charge in [-0.05, 0) is 29.3 Å². The first-order valence-electron chi connectivity index (χ1n) is 11.8. The second kappa shape index (κ2) is 7.85. The van der Waals surface area contributed by atoms with E-state index in [0.717, 1.165) is 28.1 Å². The van der Waals surface area contributed by atoms with Crippen molar-refractivity contribution in [1.29, 1.82) is 0 Å².